The van der Waals surface area contributed by atoms with Gasteiger partial charge in [-0.1, -0.05) is 12.8 Å². The number of primary amides is 1. The predicted octanol–water partition coefficient (Wildman–Crippen LogP) is 3.36. The number of nitrogens with two attached hydrogens (primary N) is 2. The lowest BCUT2D eigenvalue weighted by Gasteiger charge is -2.30. The molecule has 170 valence electrons. The first-order valence-electron chi connectivity index (χ1n) is 10.3. The molecule has 32 heavy (non-hydrogen) atoms. The van der Waals surface area contributed by atoms with Crippen molar-refractivity contribution in [3.63, 3.8) is 0 Å². The van der Waals surface area contributed by atoms with Gasteiger partial charge < -0.3 is 22.1 Å². The number of halogens is 3. The van der Waals surface area contributed by atoms with Crippen molar-refractivity contribution >= 4 is 34.1 Å². The summed E-state index contributed by atoms with van der Waals surface area (Å²) in [7, 11) is 0. The minimum absolute atomic E-state index is 0.0225. The van der Waals surface area contributed by atoms with Crippen molar-refractivity contribution in [3.8, 4) is 0 Å². The van der Waals surface area contributed by atoms with Crippen LogP contribution < -0.4 is 22.1 Å². The third-order valence-corrected chi connectivity index (χ3v) is 5.60. The Hall–Kier alpha value is -3.34. The van der Waals surface area contributed by atoms with Crippen molar-refractivity contribution in [1.29, 1.82) is 0 Å². The molecule has 1 saturated carbocycles. The quantitative estimate of drug-likeness (QED) is 0.440. The van der Waals surface area contributed by atoms with Crippen LogP contribution in [0.3, 0.4) is 0 Å². The normalized spacial score (nSPS) is 18.8. The molecule has 0 saturated heterocycles. The van der Waals surface area contributed by atoms with Crippen LogP contribution in [-0.4, -0.2) is 39.2 Å². The zero-order valence-corrected chi connectivity index (χ0v) is 17.2. The third-order valence-electron chi connectivity index (χ3n) is 5.60. The van der Waals surface area contributed by atoms with Gasteiger partial charge in [0.1, 0.15) is 12.4 Å². The monoisotopic (exact) mass is 447 g/mol. The van der Waals surface area contributed by atoms with Crippen LogP contribution in [-0.2, 0) is 6.54 Å². The first-order valence-corrected chi connectivity index (χ1v) is 10.3. The van der Waals surface area contributed by atoms with Crippen molar-refractivity contribution < 1.29 is 18.0 Å². The van der Waals surface area contributed by atoms with E-state index in [0.717, 1.165) is 31.7 Å². The number of amides is 1. The van der Waals surface area contributed by atoms with Crippen LogP contribution in [0.2, 0.25) is 0 Å². The zero-order chi connectivity index (χ0) is 22.8. The number of carbonyl (C=O) groups excluding carboxylic acids is 1. The van der Waals surface area contributed by atoms with Crippen molar-refractivity contribution in [3.05, 3.63) is 41.8 Å². The highest BCUT2D eigenvalue weighted by atomic mass is 19.3. The Balaban J connectivity index is 1.63. The summed E-state index contributed by atoms with van der Waals surface area (Å²) in [5.41, 5.74) is 12.5. The highest BCUT2D eigenvalue weighted by Crippen LogP contribution is 2.28. The van der Waals surface area contributed by atoms with E-state index in [2.05, 4.69) is 20.7 Å². The number of fused-ring (bicyclic) bond motifs is 1. The molecule has 4 rings (SSSR count). The van der Waals surface area contributed by atoms with Gasteiger partial charge in [-0.05, 0) is 37.1 Å². The molecule has 6 N–H and O–H groups in total. The first-order chi connectivity index (χ1) is 15.3. The molecule has 1 amide bonds. The maximum absolute atomic E-state index is 14.7. The van der Waals surface area contributed by atoms with Gasteiger partial charge >= 0.3 is 0 Å². The lowest BCUT2D eigenvalue weighted by Crippen LogP contribution is -2.43. The molecule has 0 radical (unpaired) electrons. The van der Waals surface area contributed by atoms with Crippen LogP contribution >= 0.6 is 0 Å². The number of carbonyl (C=O) groups is 1. The van der Waals surface area contributed by atoms with Gasteiger partial charge in [-0.3, -0.25) is 9.48 Å². The van der Waals surface area contributed by atoms with Gasteiger partial charge in [-0.15, -0.1) is 0 Å². The average Bonchev–Trinajstić information content (AvgIpc) is 3.13. The van der Waals surface area contributed by atoms with Crippen molar-refractivity contribution in [1.82, 2.24) is 14.8 Å². The Morgan fingerprint density at radius 2 is 2.00 bits per heavy atom. The number of aromatic nitrogens is 3. The molecule has 2 atom stereocenters. The number of alkyl halides is 2. The van der Waals surface area contributed by atoms with Gasteiger partial charge in [0.15, 0.2) is 11.6 Å². The Kier molecular flexibility index (Phi) is 6.17. The Bertz CT molecular complexity index is 1130. The Labute approximate surface area is 182 Å². The fourth-order valence-corrected chi connectivity index (χ4v) is 3.97. The molecule has 11 heteroatoms. The van der Waals surface area contributed by atoms with Gasteiger partial charge in [0.05, 0.1) is 17.3 Å². The van der Waals surface area contributed by atoms with E-state index in [1.165, 1.54) is 10.9 Å². The number of benzene rings is 1. The van der Waals surface area contributed by atoms with Crippen LogP contribution in [0.15, 0.2) is 30.5 Å². The van der Waals surface area contributed by atoms with E-state index in [9.17, 15) is 18.0 Å². The maximum Gasteiger partial charge on any atom is 0.257 e. The van der Waals surface area contributed by atoms with Gasteiger partial charge in [0.25, 0.3) is 12.3 Å². The van der Waals surface area contributed by atoms with E-state index >= 15 is 0 Å². The minimum atomic E-state index is -2.53. The van der Waals surface area contributed by atoms with Gasteiger partial charge in [-0.2, -0.15) is 5.10 Å². The number of nitrogens with zero attached hydrogens (tertiary/aromatic N) is 3. The highest BCUT2D eigenvalue weighted by Gasteiger charge is 2.24. The molecule has 1 fully saturated rings. The molecular weight excluding hydrogens is 423 g/mol. The molecule has 0 aliphatic heterocycles. The second kappa shape index (κ2) is 9.03. The summed E-state index contributed by atoms with van der Waals surface area (Å²) in [6.45, 7) is -0.514. The van der Waals surface area contributed by atoms with E-state index in [4.69, 9.17) is 11.5 Å². The molecular formula is C21H24F3N7O. The molecule has 0 spiro atoms. The van der Waals surface area contributed by atoms with Crippen LogP contribution in [0, 0.1) is 5.82 Å². The molecule has 0 bridgehead atoms. The number of nitrogens with one attached hydrogen (secondary N) is 2. The van der Waals surface area contributed by atoms with Crippen molar-refractivity contribution in [2.24, 2.45) is 11.5 Å². The van der Waals surface area contributed by atoms with E-state index in [-0.39, 0.29) is 29.3 Å². The number of anilines is 3. The van der Waals surface area contributed by atoms with Crippen LogP contribution in [0.25, 0.3) is 10.9 Å². The highest BCUT2D eigenvalue weighted by molar-refractivity contribution is 5.99. The van der Waals surface area contributed by atoms with E-state index in [1.54, 1.807) is 18.2 Å². The third kappa shape index (κ3) is 4.62. The molecule has 8 nitrogen and oxygen atoms in total. The molecule has 1 aliphatic rings. The lowest BCUT2D eigenvalue weighted by molar-refractivity contribution is 0.1000. The number of pyridine rings is 1. The van der Waals surface area contributed by atoms with E-state index in [0.29, 0.717) is 16.6 Å². The molecule has 3 aromatic rings. The van der Waals surface area contributed by atoms with Crippen LogP contribution in [0.5, 0.6) is 0 Å². The Morgan fingerprint density at radius 3 is 2.72 bits per heavy atom. The van der Waals surface area contributed by atoms with Gasteiger partial charge in [0, 0.05) is 23.2 Å². The summed E-state index contributed by atoms with van der Waals surface area (Å²) in [5, 5.41) is 10.6. The minimum Gasteiger partial charge on any atom is -0.365 e. The molecule has 2 heterocycles. The maximum atomic E-state index is 14.7. The smallest absolute Gasteiger partial charge is 0.257 e. The summed E-state index contributed by atoms with van der Waals surface area (Å²) in [4.78, 5) is 16.2. The summed E-state index contributed by atoms with van der Waals surface area (Å²) < 4.78 is 41.3. The number of rotatable bonds is 7. The molecule has 1 aromatic carbocycles. The standard InChI is InChI=1S/C21H24F3N7O/c22-14-8-13(19(26)32)20(30-21(14)29-16-4-2-1-3-15(16)25)28-12-5-6-17-11(7-12)9-27-31(17)10-18(23)24/h5-9,15-16,18H,1-4,10,25H2,(H2,26,32)(H2,28,29,30)/t15-,16+/m0/s1. The zero-order valence-electron chi connectivity index (χ0n) is 17.2. The molecule has 1 aliphatic carbocycles. The summed E-state index contributed by atoms with van der Waals surface area (Å²) in [5.74, 6) is -1.49. The lowest BCUT2D eigenvalue weighted by atomic mass is 9.91. The van der Waals surface area contributed by atoms with E-state index < -0.39 is 24.7 Å². The largest absolute Gasteiger partial charge is 0.365 e. The van der Waals surface area contributed by atoms with Crippen LogP contribution in [0.1, 0.15) is 36.0 Å². The Morgan fingerprint density at radius 1 is 1.22 bits per heavy atom. The second-order valence-corrected chi connectivity index (χ2v) is 7.89. The molecule has 0 unspecified atom stereocenters. The second-order valence-electron chi connectivity index (χ2n) is 7.89. The topological polar surface area (TPSA) is 124 Å². The summed E-state index contributed by atoms with van der Waals surface area (Å²) in [6.07, 6.45) is 2.58. The van der Waals surface area contributed by atoms with Gasteiger partial charge in [-0.25, -0.2) is 18.2 Å². The van der Waals surface area contributed by atoms with Gasteiger partial charge in [0.2, 0.25) is 0 Å². The van der Waals surface area contributed by atoms with Crippen LogP contribution in [0.4, 0.5) is 30.5 Å². The van der Waals surface area contributed by atoms with Crippen molar-refractivity contribution in [2.45, 2.75) is 50.7 Å². The van der Waals surface area contributed by atoms with Crippen molar-refractivity contribution in [2.75, 3.05) is 10.6 Å². The fourth-order valence-electron chi connectivity index (χ4n) is 3.97. The summed E-state index contributed by atoms with van der Waals surface area (Å²) >= 11 is 0. The average molecular weight is 447 g/mol. The summed E-state index contributed by atoms with van der Waals surface area (Å²) in [6, 6.07) is 5.71. The number of hydrogen-bond acceptors (Lipinski definition) is 6. The number of hydrogen-bond donors (Lipinski definition) is 4. The fraction of sp³-hybridized carbons (Fsp3) is 0.381. The SMILES string of the molecule is NC(=O)c1cc(F)c(N[C@@H]2CCCC[C@@H]2N)nc1Nc1ccc2c(cnn2CC(F)F)c1. The molecule has 2 aromatic heterocycles. The first kappa shape index (κ1) is 21.9. The predicted molar refractivity (Wildman–Crippen MR) is 116 cm³/mol. The van der Waals surface area contributed by atoms with E-state index in [1.807, 2.05) is 0 Å².